The number of benzene rings is 5. The molecular formula is C47H40O14. The second-order valence-corrected chi connectivity index (χ2v) is 12.6. The number of rotatable bonds is 21. The topological polar surface area (TPSA) is 176 Å². The van der Waals surface area contributed by atoms with Crippen molar-refractivity contribution in [2.75, 3.05) is 26.4 Å². The van der Waals surface area contributed by atoms with Gasteiger partial charge < -0.3 is 37.9 Å². The first-order chi connectivity index (χ1) is 29.6. The van der Waals surface area contributed by atoms with Gasteiger partial charge in [0.15, 0.2) is 0 Å². The molecule has 0 bridgehead atoms. The molecule has 312 valence electrons. The number of unbranched alkanes of at least 4 members (excludes halogenated alkanes) is 1. The van der Waals surface area contributed by atoms with Crippen LogP contribution < -0.4 is 28.4 Å². The number of esters is 6. The number of hydrogen-bond donors (Lipinski definition) is 0. The Morgan fingerprint density at radius 2 is 0.590 bits per heavy atom. The largest absolute Gasteiger partial charge is 0.494 e. The predicted molar refractivity (Wildman–Crippen MR) is 219 cm³/mol. The molecule has 0 aliphatic heterocycles. The summed E-state index contributed by atoms with van der Waals surface area (Å²) in [6, 6.07) is 30.2. The smallest absolute Gasteiger partial charge is 0.343 e. The Morgan fingerprint density at radius 1 is 0.344 bits per heavy atom. The van der Waals surface area contributed by atoms with E-state index in [1.807, 2.05) is 0 Å². The summed E-state index contributed by atoms with van der Waals surface area (Å²) < 4.78 is 42.7. The van der Waals surface area contributed by atoms with E-state index >= 15 is 0 Å². The van der Waals surface area contributed by atoms with E-state index in [4.69, 9.17) is 37.9 Å². The first-order valence-corrected chi connectivity index (χ1v) is 18.8. The van der Waals surface area contributed by atoms with Gasteiger partial charge in [0, 0.05) is 18.6 Å². The Kier molecular flexibility index (Phi) is 16.5. The van der Waals surface area contributed by atoms with E-state index < -0.39 is 35.8 Å². The lowest BCUT2D eigenvalue weighted by atomic mass is 10.2. The molecule has 61 heavy (non-hydrogen) atoms. The second-order valence-electron chi connectivity index (χ2n) is 12.6. The number of carbonyl (C=O) groups excluding carboxylic acids is 6. The van der Waals surface area contributed by atoms with Gasteiger partial charge in [0.25, 0.3) is 0 Å². The van der Waals surface area contributed by atoms with Crippen molar-refractivity contribution < 1.29 is 66.7 Å². The average Bonchev–Trinajstić information content (AvgIpc) is 3.28. The van der Waals surface area contributed by atoms with Crippen LogP contribution in [-0.4, -0.2) is 62.2 Å². The second kappa shape index (κ2) is 22.8. The molecule has 5 rings (SSSR count). The van der Waals surface area contributed by atoms with E-state index in [-0.39, 0.29) is 52.9 Å². The fourth-order valence-corrected chi connectivity index (χ4v) is 5.04. The van der Waals surface area contributed by atoms with Gasteiger partial charge in [0.2, 0.25) is 0 Å². The molecule has 0 N–H and O–H groups in total. The Bertz CT molecular complexity index is 2300. The maximum Gasteiger partial charge on any atom is 0.343 e. The van der Waals surface area contributed by atoms with Crippen LogP contribution in [0.5, 0.6) is 34.5 Å². The monoisotopic (exact) mass is 828 g/mol. The third-order valence-corrected chi connectivity index (χ3v) is 8.21. The zero-order valence-corrected chi connectivity index (χ0v) is 32.8. The van der Waals surface area contributed by atoms with Crippen molar-refractivity contribution in [3.63, 3.8) is 0 Å². The van der Waals surface area contributed by atoms with Crippen molar-refractivity contribution in [1.29, 1.82) is 0 Å². The van der Waals surface area contributed by atoms with E-state index in [9.17, 15) is 28.8 Å². The summed E-state index contributed by atoms with van der Waals surface area (Å²) in [6.45, 7) is 7.86. The van der Waals surface area contributed by atoms with Crippen LogP contribution in [0.2, 0.25) is 0 Å². The summed E-state index contributed by atoms with van der Waals surface area (Å²) in [6.07, 6.45) is 3.99. The Morgan fingerprint density at radius 3 is 0.902 bits per heavy atom. The summed E-state index contributed by atoms with van der Waals surface area (Å²) in [4.78, 5) is 73.0. The van der Waals surface area contributed by atoms with E-state index in [1.54, 1.807) is 48.5 Å². The van der Waals surface area contributed by atoms with Crippen LogP contribution in [0.4, 0.5) is 0 Å². The maximum absolute atomic E-state index is 12.8. The van der Waals surface area contributed by atoms with Crippen molar-refractivity contribution >= 4 is 35.8 Å². The molecule has 0 unspecified atom stereocenters. The van der Waals surface area contributed by atoms with E-state index in [0.29, 0.717) is 49.5 Å². The summed E-state index contributed by atoms with van der Waals surface area (Å²) in [5.41, 5.74) is 0.975. The molecule has 0 saturated heterocycles. The molecule has 0 heterocycles. The summed E-state index contributed by atoms with van der Waals surface area (Å²) in [7, 11) is 0. The Hall–Kier alpha value is -8.00. The maximum atomic E-state index is 12.8. The van der Waals surface area contributed by atoms with Gasteiger partial charge in [-0.3, -0.25) is 0 Å². The highest BCUT2D eigenvalue weighted by molar-refractivity contribution is 5.94. The normalized spacial score (nSPS) is 10.3. The van der Waals surface area contributed by atoms with Crippen LogP contribution in [0, 0.1) is 0 Å². The minimum atomic E-state index is -0.669. The van der Waals surface area contributed by atoms with Gasteiger partial charge in [0.1, 0.15) is 34.5 Å². The lowest BCUT2D eigenvalue weighted by molar-refractivity contribution is -0.138. The van der Waals surface area contributed by atoms with Crippen molar-refractivity contribution in [3.05, 3.63) is 169 Å². The first kappa shape index (κ1) is 44.1. The van der Waals surface area contributed by atoms with Crippen molar-refractivity contribution in [3.8, 4) is 34.5 Å². The lowest BCUT2D eigenvalue weighted by Gasteiger charge is -2.09. The van der Waals surface area contributed by atoms with Crippen LogP contribution in [0.25, 0.3) is 0 Å². The van der Waals surface area contributed by atoms with Crippen LogP contribution in [-0.2, 0) is 19.1 Å². The highest BCUT2D eigenvalue weighted by Gasteiger charge is 2.15. The quantitative estimate of drug-likeness (QED) is 0.0301. The third-order valence-electron chi connectivity index (χ3n) is 8.21. The molecule has 0 atom stereocenters. The van der Waals surface area contributed by atoms with Gasteiger partial charge >= 0.3 is 35.8 Å². The average molecular weight is 829 g/mol. The molecule has 0 amide bonds. The Balaban J connectivity index is 1.01. The summed E-state index contributed by atoms with van der Waals surface area (Å²) in [5, 5.41) is 0. The van der Waals surface area contributed by atoms with Gasteiger partial charge in [-0.1, -0.05) is 13.2 Å². The number of carbonyl (C=O) groups is 6. The Labute approximate surface area is 350 Å². The number of ether oxygens (including phenoxy) is 8. The molecule has 0 spiro atoms. The molecule has 5 aromatic rings. The van der Waals surface area contributed by atoms with Gasteiger partial charge in [-0.25, -0.2) is 28.8 Å². The van der Waals surface area contributed by atoms with Crippen LogP contribution >= 0.6 is 0 Å². The fourth-order valence-electron chi connectivity index (χ4n) is 5.04. The minimum absolute atomic E-state index is 0.192. The van der Waals surface area contributed by atoms with Gasteiger partial charge in [-0.2, -0.15) is 0 Å². The minimum Gasteiger partial charge on any atom is -0.494 e. The van der Waals surface area contributed by atoms with Crippen molar-refractivity contribution in [2.45, 2.75) is 19.3 Å². The van der Waals surface area contributed by atoms with E-state index in [2.05, 4.69) is 13.2 Å². The standard InChI is InChI=1S/C47H40O14/c1-3-42(48)56-29-6-5-28-54-36-16-8-32(9-17-36)44(50)58-38-20-12-34(13-21-38)46(52)60-40-24-26-41(27-25-40)61-47(53)35-14-22-39(23-15-35)59-45(51)33-10-18-37(19-11-33)55-30-7-31-57-43(49)4-2/h3-4,8-27H,1-2,5-7,28-31H2. The summed E-state index contributed by atoms with van der Waals surface area (Å²) >= 11 is 0. The van der Waals surface area contributed by atoms with Crippen molar-refractivity contribution in [1.82, 2.24) is 0 Å². The van der Waals surface area contributed by atoms with Crippen LogP contribution in [0.15, 0.2) is 147 Å². The van der Waals surface area contributed by atoms with Crippen LogP contribution in [0.1, 0.15) is 60.7 Å². The zero-order chi connectivity index (χ0) is 43.4. The molecule has 5 aromatic carbocycles. The predicted octanol–water partition coefficient (Wildman–Crippen LogP) is 7.95. The summed E-state index contributed by atoms with van der Waals surface area (Å²) in [5.74, 6) is -1.61. The van der Waals surface area contributed by atoms with Crippen molar-refractivity contribution in [2.24, 2.45) is 0 Å². The van der Waals surface area contributed by atoms with E-state index in [0.717, 1.165) is 12.2 Å². The van der Waals surface area contributed by atoms with Gasteiger partial charge in [-0.15, -0.1) is 0 Å². The highest BCUT2D eigenvalue weighted by Crippen LogP contribution is 2.23. The van der Waals surface area contributed by atoms with Crippen LogP contribution in [0.3, 0.4) is 0 Å². The molecular weight excluding hydrogens is 789 g/mol. The molecule has 0 aromatic heterocycles. The van der Waals surface area contributed by atoms with E-state index in [1.165, 1.54) is 72.8 Å². The first-order valence-electron chi connectivity index (χ1n) is 18.8. The molecule has 0 radical (unpaired) electrons. The molecule has 0 aliphatic carbocycles. The molecule has 0 aliphatic rings. The number of hydrogen-bond acceptors (Lipinski definition) is 14. The lowest BCUT2D eigenvalue weighted by Crippen LogP contribution is -2.11. The highest BCUT2D eigenvalue weighted by atomic mass is 16.6. The molecule has 14 heteroatoms. The molecule has 0 fully saturated rings. The molecule has 14 nitrogen and oxygen atoms in total. The SMILES string of the molecule is C=CC(=O)OCCCCOc1ccc(C(=O)Oc2ccc(C(=O)Oc3ccc(OC(=O)c4ccc(OC(=O)c5ccc(OCCCOC(=O)C=C)cc5)cc4)cc3)cc2)cc1. The molecule has 0 saturated carbocycles. The third kappa shape index (κ3) is 14.4. The van der Waals surface area contributed by atoms with Gasteiger partial charge in [-0.05, 0) is 134 Å². The van der Waals surface area contributed by atoms with Gasteiger partial charge in [0.05, 0.1) is 48.7 Å². The zero-order valence-electron chi connectivity index (χ0n) is 32.8. The fraction of sp³-hybridized carbons (Fsp3) is 0.149.